The number of benzene rings is 2. The van der Waals surface area contributed by atoms with Gasteiger partial charge < -0.3 is 14.0 Å². The molecule has 150 valence electrons. The van der Waals surface area contributed by atoms with E-state index in [1.54, 1.807) is 13.4 Å². The summed E-state index contributed by atoms with van der Waals surface area (Å²) in [5, 5.41) is 0. The molecule has 0 spiro atoms. The Morgan fingerprint density at radius 3 is 2.48 bits per heavy atom. The molecule has 0 aliphatic rings. The van der Waals surface area contributed by atoms with Gasteiger partial charge in [-0.15, -0.1) is 0 Å². The molecule has 0 saturated carbocycles. The molecule has 5 heteroatoms. The van der Waals surface area contributed by atoms with E-state index in [0.29, 0.717) is 17.4 Å². The normalized spacial score (nSPS) is 11.4. The first-order valence-corrected chi connectivity index (χ1v) is 9.62. The number of hydrogen-bond acceptors (Lipinski definition) is 4. The van der Waals surface area contributed by atoms with Crippen LogP contribution >= 0.6 is 0 Å². The highest BCUT2D eigenvalue weighted by Crippen LogP contribution is 2.27. The van der Waals surface area contributed by atoms with Crippen molar-refractivity contribution in [2.24, 2.45) is 4.99 Å². The third-order valence-corrected chi connectivity index (χ3v) is 4.83. The van der Waals surface area contributed by atoms with Gasteiger partial charge in [-0.25, -0.2) is 9.98 Å². The molecular weight excluding hydrogens is 362 g/mol. The minimum atomic E-state index is 0.508. The van der Waals surface area contributed by atoms with Gasteiger partial charge in [-0.3, -0.25) is 0 Å². The molecule has 2 aromatic carbocycles. The average Bonchev–Trinajstić information content (AvgIpc) is 3.14. The second-order valence-electron chi connectivity index (χ2n) is 6.96. The zero-order valence-electron chi connectivity index (χ0n) is 17.7. The minimum absolute atomic E-state index is 0.508. The van der Waals surface area contributed by atoms with E-state index in [0.717, 1.165) is 28.9 Å². The summed E-state index contributed by atoms with van der Waals surface area (Å²) >= 11 is 0. The first-order valence-electron chi connectivity index (χ1n) is 9.62. The molecular formula is C24H27N3O2. The van der Waals surface area contributed by atoms with E-state index in [4.69, 9.17) is 9.47 Å². The van der Waals surface area contributed by atoms with Crippen LogP contribution in [-0.4, -0.2) is 22.6 Å². The van der Waals surface area contributed by atoms with Gasteiger partial charge in [-0.1, -0.05) is 19.6 Å². The largest absolute Gasteiger partial charge is 0.497 e. The Bertz CT molecular complexity index is 1060. The molecule has 0 saturated heterocycles. The van der Waals surface area contributed by atoms with Crippen LogP contribution in [0, 0.1) is 20.8 Å². The van der Waals surface area contributed by atoms with Gasteiger partial charge in [0, 0.05) is 36.2 Å². The van der Waals surface area contributed by atoms with Crippen molar-refractivity contribution in [1.29, 1.82) is 0 Å². The van der Waals surface area contributed by atoms with E-state index in [-0.39, 0.29) is 0 Å². The van der Waals surface area contributed by atoms with Gasteiger partial charge in [0.05, 0.1) is 24.8 Å². The lowest BCUT2D eigenvalue weighted by atomic mass is 9.98. The zero-order chi connectivity index (χ0) is 21.0. The number of aliphatic imine (C=N–C) groups is 1. The number of aromatic nitrogens is 2. The number of methoxy groups -OCH3 is 1. The van der Waals surface area contributed by atoms with Gasteiger partial charge in [0.1, 0.15) is 11.5 Å². The Kier molecular flexibility index (Phi) is 6.17. The minimum Gasteiger partial charge on any atom is -0.497 e. The molecule has 0 unspecified atom stereocenters. The first kappa shape index (κ1) is 20.4. The van der Waals surface area contributed by atoms with Gasteiger partial charge in [0.15, 0.2) is 0 Å². The van der Waals surface area contributed by atoms with E-state index in [1.165, 1.54) is 17.3 Å². The third kappa shape index (κ3) is 4.57. The molecule has 0 radical (unpaired) electrons. The number of aryl methyl sites for hydroxylation is 4. The molecule has 1 heterocycles. The second-order valence-corrected chi connectivity index (χ2v) is 6.96. The quantitative estimate of drug-likeness (QED) is 0.422. The average molecular weight is 389 g/mol. The summed E-state index contributed by atoms with van der Waals surface area (Å²) in [5.74, 6) is 1.83. The Balaban J connectivity index is 2.04. The van der Waals surface area contributed by atoms with Crippen LogP contribution in [0.1, 0.15) is 34.9 Å². The van der Waals surface area contributed by atoms with Crippen molar-refractivity contribution in [2.75, 3.05) is 7.11 Å². The van der Waals surface area contributed by atoms with Crippen LogP contribution in [0.4, 0.5) is 0 Å². The number of ether oxygens (including phenoxy) is 2. The lowest BCUT2D eigenvalue weighted by Crippen LogP contribution is -2.13. The summed E-state index contributed by atoms with van der Waals surface area (Å²) in [7, 11) is 1.64. The van der Waals surface area contributed by atoms with Gasteiger partial charge in [-0.05, 0) is 49.9 Å². The van der Waals surface area contributed by atoms with Crippen LogP contribution in [0.5, 0.6) is 11.5 Å². The lowest BCUT2D eigenvalue weighted by molar-refractivity contribution is 0.411. The molecule has 0 aliphatic carbocycles. The smallest absolute Gasteiger partial charge is 0.226 e. The number of hydrogen-bond donors (Lipinski definition) is 0. The van der Waals surface area contributed by atoms with Crippen molar-refractivity contribution in [3.8, 4) is 17.2 Å². The predicted octanol–water partition coefficient (Wildman–Crippen LogP) is 5.34. The van der Waals surface area contributed by atoms with Gasteiger partial charge >= 0.3 is 0 Å². The molecule has 3 aromatic rings. The first-order chi connectivity index (χ1) is 13.9. The predicted molar refractivity (Wildman–Crippen MR) is 118 cm³/mol. The Morgan fingerprint density at radius 1 is 1.10 bits per heavy atom. The second kappa shape index (κ2) is 8.78. The fourth-order valence-electron chi connectivity index (χ4n) is 3.30. The van der Waals surface area contributed by atoms with Crippen molar-refractivity contribution in [3.63, 3.8) is 0 Å². The summed E-state index contributed by atoms with van der Waals surface area (Å²) in [4.78, 5) is 8.72. The van der Waals surface area contributed by atoms with Crippen LogP contribution in [0.2, 0.25) is 0 Å². The Hall–Kier alpha value is -3.34. The molecule has 3 rings (SSSR count). The molecule has 0 atom stereocenters. The lowest BCUT2D eigenvalue weighted by Gasteiger charge is -2.15. The van der Waals surface area contributed by atoms with Crippen LogP contribution in [0.3, 0.4) is 0 Å². The third-order valence-electron chi connectivity index (χ3n) is 4.83. The monoisotopic (exact) mass is 389 g/mol. The topological polar surface area (TPSA) is 48.6 Å². The highest BCUT2D eigenvalue weighted by Gasteiger charge is 2.14. The maximum atomic E-state index is 6.24. The van der Waals surface area contributed by atoms with E-state index >= 15 is 0 Å². The Morgan fingerprint density at radius 2 is 1.86 bits per heavy atom. The fourth-order valence-corrected chi connectivity index (χ4v) is 3.30. The highest BCUT2D eigenvalue weighted by atomic mass is 16.5. The van der Waals surface area contributed by atoms with Crippen molar-refractivity contribution < 1.29 is 9.47 Å². The summed E-state index contributed by atoms with van der Waals surface area (Å²) in [6.07, 6.45) is 6.17. The zero-order valence-corrected chi connectivity index (χ0v) is 17.7. The molecule has 0 aliphatic heterocycles. The van der Waals surface area contributed by atoms with Crippen LogP contribution in [0.15, 0.2) is 60.6 Å². The maximum absolute atomic E-state index is 6.24. The van der Waals surface area contributed by atoms with E-state index < -0.39 is 0 Å². The molecule has 0 amide bonds. The maximum Gasteiger partial charge on any atom is 0.226 e. The number of imidazole rings is 1. The van der Waals surface area contributed by atoms with Crippen LogP contribution in [-0.2, 0) is 6.42 Å². The van der Waals surface area contributed by atoms with Crippen molar-refractivity contribution >= 4 is 5.90 Å². The summed E-state index contributed by atoms with van der Waals surface area (Å²) in [5.41, 5.74) is 6.43. The number of nitrogens with zero attached hydrogens (tertiary/aromatic N) is 3. The summed E-state index contributed by atoms with van der Waals surface area (Å²) in [6.45, 7) is 12.0. The molecule has 0 fully saturated rings. The van der Waals surface area contributed by atoms with Gasteiger partial charge in [0.25, 0.3) is 0 Å². The van der Waals surface area contributed by atoms with Crippen LogP contribution < -0.4 is 9.47 Å². The van der Waals surface area contributed by atoms with Crippen molar-refractivity contribution in [1.82, 2.24) is 9.55 Å². The molecule has 29 heavy (non-hydrogen) atoms. The van der Waals surface area contributed by atoms with Crippen molar-refractivity contribution in [2.45, 2.75) is 34.1 Å². The Labute approximate surface area is 172 Å². The summed E-state index contributed by atoms with van der Waals surface area (Å²) < 4.78 is 13.6. The SMILES string of the molecule is C=C/N=C(/Oc1cc(OC)cc(-n2cnc(C)c2)c1)c1cc(CC)c(C)cc1C. The molecule has 1 aromatic heterocycles. The van der Waals surface area contributed by atoms with E-state index in [2.05, 4.69) is 49.5 Å². The molecule has 5 nitrogen and oxygen atoms in total. The van der Waals surface area contributed by atoms with Gasteiger partial charge in [0.2, 0.25) is 5.90 Å². The van der Waals surface area contributed by atoms with Crippen molar-refractivity contribution in [3.05, 3.63) is 83.6 Å². The van der Waals surface area contributed by atoms with Gasteiger partial charge in [-0.2, -0.15) is 0 Å². The fraction of sp³-hybridized carbons (Fsp3) is 0.250. The van der Waals surface area contributed by atoms with Crippen LogP contribution in [0.25, 0.3) is 5.69 Å². The van der Waals surface area contributed by atoms with E-state index in [1.807, 2.05) is 35.9 Å². The molecule has 0 bridgehead atoms. The standard InChI is InChI=1S/C24H27N3O2/c1-7-19-10-23(17(4)9-16(19)3)24(25-8-2)29-22-12-20(11-21(13-22)28-6)27-14-18(5)26-15-27/h8-15H,2,7H2,1,3-6H3/b25-24+. The van der Waals surface area contributed by atoms with E-state index in [9.17, 15) is 0 Å². The highest BCUT2D eigenvalue weighted by molar-refractivity contribution is 5.97. The summed E-state index contributed by atoms with van der Waals surface area (Å²) in [6, 6.07) is 10.0. The molecule has 0 N–H and O–H groups in total. The number of rotatable bonds is 6.